The molecule has 6 nitrogen and oxygen atoms in total. The molecule has 0 radical (unpaired) electrons. The van der Waals surface area contributed by atoms with E-state index >= 15 is 0 Å². The van der Waals surface area contributed by atoms with E-state index < -0.39 is 0 Å². The first kappa shape index (κ1) is 13.9. The third-order valence-electron chi connectivity index (χ3n) is 3.34. The molecule has 2 amide bonds. The van der Waals surface area contributed by atoms with Gasteiger partial charge in [-0.2, -0.15) is 0 Å². The number of carbonyl (C=O) groups is 2. The average molecular weight is 242 g/mol. The maximum atomic E-state index is 11.6. The van der Waals surface area contributed by atoms with Crippen molar-refractivity contribution in [2.75, 3.05) is 20.1 Å². The molecule has 0 saturated carbocycles. The predicted molar refractivity (Wildman–Crippen MR) is 64.8 cm³/mol. The Kier molecular flexibility index (Phi) is 5.37. The van der Waals surface area contributed by atoms with Crippen molar-refractivity contribution in [3.63, 3.8) is 0 Å². The highest BCUT2D eigenvalue weighted by atomic mass is 16.2. The zero-order valence-electron chi connectivity index (χ0n) is 10.5. The second-order valence-electron chi connectivity index (χ2n) is 4.57. The Morgan fingerprint density at radius 3 is 2.82 bits per heavy atom. The first-order valence-corrected chi connectivity index (χ1v) is 6.03. The molecule has 0 aromatic carbocycles. The fourth-order valence-electron chi connectivity index (χ4n) is 2.28. The summed E-state index contributed by atoms with van der Waals surface area (Å²) in [6.45, 7) is 3.65. The van der Waals surface area contributed by atoms with Crippen LogP contribution in [-0.4, -0.2) is 42.9 Å². The summed E-state index contributed by atoms with van der Waals surface area (Å²) in [5.41, 5.74) is 2.14. The number of hydrogen-bond acceptors (Lipinski definition) is 4. The first-order valence-electron chi connectivity index (χ1n) is 6.03. The number of hydrogen-bond donors (Lipinski definition) is 3. The van der Waals surface area contributed by atoms with Gasteiger partial charge in [0.2, 0.25) is 11.8 Å². The molecule has 4 N–H and O–H groups in total. The summed E-state index contributed by atoms with van der Waals surface area (Å²) in [6, 6.07) is 0.117. The van der Waals surface area contributed by atoms with Gasteiger partial charge in [0.1, 0.15) is 0 Å². The zero-order chi connectivity index (χ0) is 12.8. The number of likely N-dealkylation sites (tertiary alicyclic amines) is 1. The van der Waals surface area contributed by atoms with Crippen LogP contribution in [0.3, 0.4) is 0 Å². The number of carbonyl (C=O) groups excluding carboxylic acids is 2. The molecule has 0 spiro atoms. The van der Waals surface area contributed by atoms with Crippen LogP contribution >= 0.6 is 0 Å². The number of rotatable bonds is 4. The van der Waals surface area contributed by atoms with Crippen LogP contribution in [0.15, 0.2) is 0 Å². The molecule has 2 atom stereocenters. The minimum atomic E-state index is -0.167. The van der Waals surface area contributed by atoms with Gasteiger partial charge >= 0.3 is 0 Å². The lowest BCUT2D eigenvalue weighted by atomic mass is 9.95. The summed E-state index contributed by atoms with van der Waals surface area (Å²) >= 11 is 0. The van der Waals surface area contributed by atoms with Crippen molar-refractivity contribution < 1.29 is 9.59 Å². The van der Waals surface area contributed by atoms with Crippen LogP contribution in [-0.2, 0) is 9.59 Å². The Labute approximate surface area is 102 Å². The topological polar surface area (TPSA) is 87.5 Å². The van der Waals surface area contributed by atoms with Crippen LogP contribution in [0.25, 0.3) is 0 Å². The average Bonchev–Trinajstić information content (AvgIpc) is 2.37. The molecule has 1 fully saturated rings. The molecule has 0 aliphatic carbocycles. The predicted octanol–water partition coefficient (Wildman–Crippen LogP) is -0.787. The van der Waals surface area contributed by atoms with Gasteiger partial charge in [-0.15, -0.1) is 0 Å². The molecular weight excluding hydrogens is 220 g/mol. The minimum absolute atomic E-state index is 0.0390. The Balaban J connectivity index is 2.48. The van der Waals surface area contributed by atoms with E-state index in [0.29, 0.717) is 6.42 Å². The van der Waals surface area contributed by atoms with Gasteiger partial charge in [-0.25, -0.2) is 5.84 Å². The molecule has 17 heavy (non-hydrogen) atoms. The van der Waals surface area contributed by atoms with Crippen LogP contribution in [0.5, 0.6) is 0 Å². The Morgan fingerprint density at radius 2 is 2.24 bits per heavy atom. The van der Waals surface area contributed by atoms with E-state index in [9.17, 15) is 9.59 Å². The molecule has 1 aliphatic rings. The smallest absolute Gasteiger partial charge is 0.235 e. The van der Waals surface area contributed by atoms with Crippen molar-refractivity contribution in [1.29, 1.82) is 0 Å². The second kappa shape index (κ2) is 6.56. The monoisotopic (exact) mass is 242 g/mol. The summed E-state index contributed by atoms with van der Waals surface area (Å²) in [6.07, 6.45) is 2.29. The third-order valence-corrected chi connectivity index (χ3v) is 3.34. The van der Waals surface area contributed by atoms with Gasteiger partial charge in [-0.1, -0.05) is 0 Å². The van der Waals surface area contributed by atoms with E-state index in [1.165, 1.54) is 0 Å². The molecule has 0 aromatic rings. The molecule has 0 bridgehead atoms. The number of nitrogens with two attached hydrogens (primary N) is 1. The highest BCUT2D eigenvalue weighted by Crippen LogP contribution is 2.19. The van der Waals surface area contributed by atoms with Gasteiger partial charge < -0.3 is 5.32 Å². The van der Waals surface area contributed by atoms with E-state index in [1.807, 2.05) is 6.92 Å². The molecule has 1 aliphatic heterocycles. The molecule has 1 heterocycles. The van der Waals surface area contributed by atoms with E-state index in [1.54, 1.807) is 7.05 Å². The zero-order valence-corrected chi connectivity index (χ0v) is 10.5. The van der Waals surface area contributed by atoms with Gasteiger partial charge in [0.25, 0.3) is 0 Å². The maximum absolute atomic E-state index is 11.6. The van der Waals surface area contributed by atoms with E-state index in [0.717, 1.165) is 25.9 Å². The quantitative estimate of drug-likeness (QED) is 0.342. The fourth-order valence-corrected chi connectivity index (χ4v) is 2.28. The third kappa shape index (κ3) is 3.98. The Bertz CT molecular complexity index is 283. The lowest BCUT2D eigenvalue weighted by molar-refractivity contribution is -0.126. The summed E-state index contributed by atoms with van der Waals surface area (Å²) in [5, 5.41) is 2.68. The molecular formula is C11H22N4O2. The van der Waals surface area contributed by atoms with Gasteiger partial charge in [-0.05, 0) is 26.3 Å². The summed E-state index contributed by atoms with van der Waals surface area (Å²) < 4.78 is 0. The highest BCUT2D eigenvalue weighted by molar-refractivity contribution is 5.78. The van der Waals surface area contributed by atoms with E-state index in [4.69, 9.17) is 5.84 Å². The number of nitrogens with one attached hydrogen (secondary N) is 2. The standard InChI is InChI=1S/C11H22N4O2/c1-8(6-10(16)14-12)15-5-3-4-9(7-15)11(17)13-2/h8-9H,3-7,12H2,1-2H3,(H,13,17)(H,14,16). The van der Waals surface area contributed by atoms with Crippen molar-refractivity contribution in [3.8, 4) is 0 Å². The number of hydrazine groups is 1. The Hall–Kier alpha value is -1.14. The normalized spacial score (nSPS) is 22.9. The molecule has 98 valence electrons. The number of piperidine rings is 1. The number of nitrogens with zero attached hydrogens (tertiary/aromatic N) is 1. The van der Waals surface area contributed by atoms with Crippen LogP contribution in [0.2, 0.25) is 0 Å². The second-order valence-corrected chi connectivity index (χ2v) is 4.57. The maximum Gasteiger partial charge on any atom is 0.235 e. The lowest BCUT2D eigenvalue weighted by Crippen LogP contribution is -2.47. The highest BCUT2D eigenvalue weighted by Gasteiger charge is 2.28. The summed E-state index contributed by atoms with van der Waals surface area (Å²) in [7, 11) is 1.66. The van der Waals surface area contributed by atoms with Gasteiger partial charge in [0.05, 0.1) is 5.92 Å². The fraction of sp³-hybridized carbons (Fsp3) is 0.818. The van der Waals surface area contributed by atoms with Gasteiger partial charge in [-0.3, -0.25) is 19.9 Å². The van der Waals surface area contributed by atoms with Crippen molar-refractivity contribution >= 4 is 11.8 Å². The largest absolute Gasteiger partial charge is 0.359 e. The SMILES string of the molecule is CNC(=O)C1CCCN(C(C)CC(=O)NN)C1. The van der Waals surface area contributed by atoms with Crippen LogP contribution in [0, 0.1) is 5.92 Å². The summed E-state index contributed by atoms with van der Waals surface area (Å²) in [4.78, 5) is 24.9. The van der Waals surface area contributed by atoms with Crippen LogP contribution in [0.1, 0.15) is 26.2 Å². The minimum Gasteiger partial charge on any atom is -0.359 e. The molecule has 1 rings (SSSR count). The number of amides is 2. The molecule has 1 saturated heterocycles. The summed E-state index contributed by atoms with van der Waals surface area (Å²) in [5.74, 6) is 5.02. The van der Waals surface area contributed by atoms with Gasteiger partial charge in [0, 0.05) is 26.1 Å². The van der Waals surface area contributed by atoms with Crippen LogP contribution < -0.4 is 16.6 Å². The van der Waals surface area contributed by atoms with Crippen LogP contribution in [0.4, 0.5) is 0 Å². The van der Waals surface area contributed by atoms with Gasteiger partial charge in [0.15, 0.2) is 0 Å². The first-order chi connectivity index (χ1) is 8.08. The van der Waals surface area contributed by atoms with Crippen molar-refractivity contribution in [1.82, 2.24) is 15.6 Å². The Morgan fingerprint density at radius 1 is 1.53 bits per heavy atom. The lowest BCUT2D eigenvalue weighted by Gasteiger charge is -2.35. The molecule has 2 unspecified atom stereocenters. The van der Waals surface area contributed by atoms with E-state index in [2.05, 4.69) is 15.6 Å². The molecule has 6 heteroatoms. The van der Waals surface area contributed by atoms with Crippen molar-refractivity contribution in [2.24, 2.45) is 11.8 Å². The van der Waals surface area contributed by atoms with Crippen molar-refractivity contribution in [2.45, 2.75) is 32.2 Å². The molecule has 0 aromatic heterocycles. The van der Waals surface area contributed by atoms with E-state index in [-0.39, 0.29) is 23.8 Å². The van der Waals surface area contributed by atoms with Crippen molar-refractivity contribution in [3.05, 3.63) is 0 Å².